The summed E-state index contributed by atoms with van der Waals surface area (Å²) in [6, 6.07) is 15.5. The van der Waals surface area contributed by atoms with Crippen LogP contribution in [0, 0.1) is 6.92 Å². The number of rotatable bonds is 5. The lowest BCUT2D eigenvalue weighted by Gasteiger charge is -2.09. The number of aryl methyl sites for hydroxylation is 2. The fourth-order valence-corrected chi connectivity index (χ4v) is 3.73. The molecule has 4 nitrogen and oxygen atoms in total. The molecule has 2 aromatic heterocycles. The van der Waals surface area contributed by atoms with Gasteiger partial charge in [0, 0.05) is 48.2 Å². The van der Waals surface area contributed by atoms with Gasteiger partial charge in [0.2, 0.25) is 0 Å². The topological polar surface area (TPSA) is 42.8 Å². The Bertz CT molecular complexity index is 1200. The molecule has 0 amide bonds. The van der Waals surface area contributed by atoms with Gasteiger partial charge in [-0.2, -0.15) is 13.2 Å². The molecule has 4 aromatic rings. The molecule has 0 saturated carbocycles. The van der Waals surface area contributed by atoms with Gasteiger partial charge in [-0.15, -0.1) is 0 Å². The van der Waals surface area contributed by atoms with Gasteiger partial charge in [-0.25, -0.2) is 4.98 Å². The van der Waals surface area contributed by atoms with Crippen LogP contribution >= 0.6 is 0 Å². The van der Waals surface area contributed by atoms with Crippen molar-refractivity contribution in [1.29, 1.82) is 0 Å². The fraction of sp³-hybridized carbons (Fsp3) is 0.208. The van der Waals surface area contributed by atoms with E-state index in [-0.39, 0.29) is 5.82 Å². The van der Waals surface area contributed by atoms with Gasteiger partial charge < -0.3 is 14.3 Å². The third-order valence-electron chi connectivity index (χ3n) is 5.26. The highest BCUT2D eigenvalue weighted by atomic mass is 19.4. The molecular weight excluding hydrogens is 403 g/mol. The van der Waals surface area contributed by atoms with Crippen molar-refractivity contribution in [1.82, 2.24) is 14.5 Å². The molecular formula is C24H22F3N3O. The van der Waals surface area contributed by atoms with Crippen LogP contribution in [0.2, 0.25) is 0 Å². The van der Waals surface area contributed by atoms with E-state index in [0.717, 1.165) is 39.9 Å². The molecule has 0 fully saturated rings. The van der Waals surface area contributed by atoms with Crippen LogP contribution in [0.3, 0.4) is 0 Å². The van der Waals surface area contributed by atoms with Crippen molar-refractivity contribution in [3.8, 4) is 28.3 Å². The van der Waals surface area contributed by atoms with E-state index in [1.165, 1.54) is 4.57 Å². The van der Waals surface area contributed by atoms with Crippen molar-refractivity contribution in [3.05, 3.63) is 83.4 Å². The Hall–Kier alpha value is -3.48. The monoisotopic (exact) mass is 425 g/mol. The van der Waals surface area contributed by atoms with Crippen LogP contribution in [0.4, 0.5) is 13.2 Å². The second kappa shape index (κ2) is 7.98. The number of H-pyrrole nitrogens is 1. The van der Waals surface area contributed by atoms with E-state index >= 15 is 0 Å². The molecule has 0 atom stereocenters. The number of hydrogen-bond acceptors (Lipinski definition) is 2. The van der Waals surface area contributed by atoms with Crippen LogP contribution in [0.25, 0.3) is 22.5 Å². The zero-order valence-electron chi connectivity index (χ0n) is 17.4. The summed E-state index contributed by atoms with van der Waals surface area (Å²) in [5.41, 5.74) is 5.05. The number of ether oxygens (including phenoxy) is 1. The van der Waals surface area contributed by atoms with Crippen LogP contribution < -0.4 is 4.74 Å². The van der Waals surface area contributed by atoms with Gasteiger partial charge >= 0.3 is 6.18 Å². The molecule has 0 spiro atoms. The molecule has 2 aromatic carbocycles. The van der Waals surface area contributed by atoms with Gasteiger partial charge in [0.1, 0.15) is 11.6 Å². The van der Waals surface area contributed by atoms with Crippen molar-refractivity contribution in [2.24, 2.45) is 7.05 Å². The summed E-state index contributed by atoms with van der Waals surface area (Å²) in [7, 11) is 3.22. The van der Waals surface area contributed by atoms with Crippen molar-refractivity contribution in [3.63, 3.8) is 0 Å². The molecule has 160 valence electrons. The van der Waals surface area contributed by atoms with E-state index in [9.17, 15) is 13.2 Å². The zero-order chi connectivity index (χ0) is 22.2. The first-order valence-corrected chi connectivity index (χ1v) is 9.77. The van der Waals surface area contributed by atoms with Gasteiger partial charge in [-0.3, -0.25) is 0 Å². The summed E-state index contributed by atoms with van der Waals surface area (Å²) in [6.07, 6.45) is -0.825. The predicted molar refractivity (Wildman–Crippen MR) is 114 cm³/mol. The highest BCUT2D eigenvalue weighted by Gasteiger charge is 2.34. The highest BCUT2D eigenvalue weighted by molar-refractivity contribution is 5.74. The number of aromatic amines is 1. The number of benzene rings is 2. The van der Waals surface area contributed by atoms with Gasteiger partial charge in [-0.05, 0) is 30.2 Å². The van der Waals surface area contributed by atoms with E-state index in [1.54, 1.807) is 26.3 Å². The molecule has 0 radical (unpaired) electrons. The van der Waals surface area contributed by atoms with Crippen LogP contribution in [0.1, 0.15) is 22.5 Å². The average Bonchev–Trinajstić information content (AvgIpc) is 3.35. The summed E-state index contributed by atoms with van der Waals surface area (Å²) in [5, 5.41) is 0. The summed E-state index contributed by atoms with van der Waals surface area (Å²) >= 11 is 0. The van der Waals surface area contributed by atoms with Crippen LogP contribution in [-0.4, -0.2) is 21.6 Å². The lowest BCUT2D eigenvalue weighted by molar-refractivity contribution is -0.140. The molecule has 0 unspecified atom stereocenters. The number of imidazole rings is 1. The first kappa shape index (κ1) is 20.8. The average molecular weight is 425 g/mol. The first-order chi connectivity index (χ1) is 14.8. The van der Waals surface area contributed by atoms with Crippen LogP contribution in [0.5, 0.6) is 5.75 Å². The minimum atomic E-state index is -4.46. The maximum Gasteiger partial charge on any atom is 0.434 e. The summed E-state index contributed by atoms with van der Waals surface area (Å²) in [5.74, 6) is 1.11. The summed E-state index contributed by atoms with van der Waals surface area (Å²) < 4.78 is 45.6. The maximum atomic E-state index is 12.9. The molecule has 0 saturated heterocycles. The van der Waals surface area contributed by atoms with Crippen molar-refractivity contribution >= 4 is 0 Å². The standard InChI is InChI=1S/C24H22F3N3O/c1-15-5-4-6-20(31-3)22(15)18-12-19(28-13-18)11-16-7-9-17(10-8-16)23-29-21(14-30(23)2)24(25,26)27/h4-10,12-14,28H,11H2,1-3H3. The molecule has 0 aliphatic rings. The Kier molecular flexibility index (Phi) is 5.35. The smallest absolute Gasteiger partial charge is 0.434 e. The number of nitrogens with one attached hydrogen (secondary N) is 1. The van der Waals surface area contributed by atoms with Gasteiger partial charge in [-0.1, -0.05) is 36.4 Å². The minimum absolute atomic E-state index is 0.285. The maximum absolute atomic E-state index is 12.9. The van der Waals surface area contributed by atoms with Gasteiger partial charge in [0.15, 0.2) is 5.69 Å². The number of methoxy groups -OCH3 is 1. The SMILES string of the molecule is COc1cccc(C)c1-c1c[nH]c(Cc2ccc(-c3nc(C(F)(F)F)cn3C)cc2)c1. The van der Waals surface area contributed by atoms with E-state index in [2.05, 4.69) is 16.0 Å². The van der Waals surface area contributed by atoms with Crippen molar-refractivity contribution in [2.75, 3.05) is 7.11 Å². The second-order valence-corrected chi connectivity index (χ2v) is 7.50. The lowest BCUT2D eigenvalue weighted by atomic mass is 10.0. The number of halogens is 3. The first-order valence-electron chi connectivity index (χ1n) is 9.77. The highest BCUT2D eigenvalue weighted by Crippen LogP contribution is 2.34. The molecule has 4 rings (SSSR count). The lowest BCUT2D eigenvalue weighted by Crippen LogP contribution is -2.04. The molecule has 0 bridgehead atoms. The summed E-state index contributed by atoms with van der Waals surface area (Å²) in [4.78, 5) is 7.06. The molecule has 0 aliphatic carbocycles. The van der Waals surface area contributed by atoms with Crippen molar-refractivity contribution in [2.45, 2.75) is 19.5 Å². The van der Waals surface area contributed by atoms with Gasteiger partial charge in [0.25, 0.3) is 0 Å². The van der Waals surface area contributed by atoms with E-state index in [4.69, 9.17) is 4.74 Å². The molecule has 1 N–H and O–H groups in total. The fourth-order valence-electron chi connectivity index (χ4n) is 3.73. The molecule has 2 heterocycles. The van der Waals surface area contributed by atoms with Crippen molar-refractivity contribution < 1.29 is 17.9 Å². The molecule has 0 aliphatic heterocycles. The third kappa shape index (κ3) is 4.21. The van der Waals surface area contributed by atoms with E-state index in [0.29, 0.717) is 12.0 Å². The zero-order valence-corrected chi connectivity index (χ0v) is 17.4. The van der Waals surface area contributed by atoms with Crippen LogP contribution in [-0.2, 0) is 19.6 Å². The van der Waals surface area contributed by atoms with E-state index in [1.807, 2.05) is 43.5 Å². The molecule has 31 heavy (non-hydrogen) atoms. The van der Waals surface area contributed by atoms with Gasteiger partial charge in [0.05, 0.1) is 7.11 Å². The quantitative estimate of drug-likeness (QED) is 0.426. The second-order valence-electron chi connectivity index (χ2n) is 7.50. The Morgan fingerprint density at radius 2 is 1.81 bits per heavy atom. The number of aromatic nitrogens is 3. The number of nitrogens with zero attached hydrogens (tertiary/aromatic N) is 2. The molecule has 7 heteroatoms. The largest absolute Gasteiger partial charge is 0.496 e. The third-order valence-corrected chi connectivity index (χ3v) is 5.26. The number of alkyl halides is 3. The Morgan fingerprint density at radius 1 is 1.06 bits per heavy atom. The van der Waals surface area contributed by atoms with Crippen LogP contribution in [0.15, 0.2) is 60.9 Å². The number of hydrogen-bond donors (Lipinski definition) is 1. The summed E-state index contributed by atoms with van der Waals surface area (Å²) in [6.45, 7) is 2.05. The van der Waals surface area contributed by atoms with E-state index < -0.39 is 11.9 Å². The Morgan fingerprint density at radius 3 is 2.45 bits per heavy atom. The predicted octanol–water partition coefficient (Wildman–Crippen LogP) is 6.01. The minimum Gasteiger partial charge on any atom is -0.496 e. The normalized spacial score (nSPS) is 11.7. The Labute approximate surface area is 178 Å². The Balaban J connectivity index is 1.54.